The fraction of sp³-hybridized carbons (Fsp3) is 0.350. The summed E-state index contributed by atoms with van der Waals surface area (Å²) < 4.78 is 18.9. The zero-order valence-electron chi connectivity index (χ0n) is 14.4. The van der Waals surface area contributed by atoms with Crippen molar-refractivity contribution in [3.05, 3.63) is 65.5 Å². The Labute approximate surface area is 147 Å². The Morgan fingerprint density at radius 3 is 2.88 bits per heavy atom. The molecule has 1 saturated heterocycles. The molecule has 0 bridgehead atoms. The van der Waals surface area contributed by atoms with Gasteiger partial charge in [-0.05, 0) is 30.7 Å². The molecule has 0 saturated carbocycles. The van der Waals surface area contributed by atoms with E-state index in [-0.39, 0.29) is 17.8 Å². The molecule has 1 heterocycles. The second-order valence-corrected chi connectivity index (χ2v) is 6.23. The van der Waals surface area contributed by atoms with E-state index >= 15 is 0 Å². The number of likely N-dealkylation sites (tertiary alicyclic amines) is 1. The average Bonchev–Trinajstić information content (AvgIpc) is 2.94. The number of nitrogens with one attached hydrogen (secondary N) is 1. The van der Waals surface area contributed by atoms with Gasteiger partial charge in [0.05, 0.1) is 6.61 Å². The second-order valence-electron chi connectivity index (χ2n) is 6.23. The van der Waals surface area contributed by atoms with Crippen molar-refractivity contribution < 1.29 is 13.9 Å². The highest BCUT2D eigenvalue weighted by Gasteiger charge is 2.29. The lowest BCUT2D eigenvalue weighted by atomic mass is 10.1. The molecule has 1 N–H and O–H groups in total. The molecule has 4 nitrogen and oxygen atoms in total. The van der Waals surface area contributed by atoms with Crippen molar-refractivity contribution in [2.24, 2.45) is 0 Å². The van der Waals surface area contributed by atoms with Gasteiger partial charge in [0.15, 0.2) is 0 Å². The molecular formula is C20H23FN2O2. The average molecular weight is 342 g/mol. The van der Waals surface area contributed by atoms with Crippen molar-refractivity contribution in [2.75, 3.05) is 13.2 Å². The first-order valence-corrected chi connectivity index (χ1v) is 8.62. The summed E-state index contributed by atoms with van der Waals surface area (Å²) in [5.74, 6) is 0.699. The molecule has 3 rings (SSSR count). The first-order chi connectivity index (χ1) is 12.2. The van der Waals surface area contributed by atoms with E-state index < -0.39 is 0 Å². The van der Waals surface area contributed by atoms with Gasteiger partial charge in [-0.2, -0.15) is 0 Å². The normalized spacial score (nSPS) is 17.1. The zero-order valence-corrected chi connectivity index (χ0v) is 14.4. The largest absolute Gasteiger partial charge is 0.494 e. The maximum absolute atomic E-state index is 13.3. The van der Waals surface area contributed by atoms with E-state index in [1.807, 2.05) is 37.3 Å². The minimum atomic E-state index is -0.272. The number of benzene rings is 2. The summed E-state index contributed by atoms with van der Waals surface area (Å²) in [7, 11) is 0. The molecule has 2 aromatic rings. The number of amides is 1. The minimum Gasteiger partial charge on any atom is -0.494 e. The van der Waals surface area contributed by atoms with Gasteiger partial charge in [-0.15, -0.1) is 0 Å². The molecule has 1 unspecified atom stereocenters. The predicted molar refractivity (Wildman–Crippen MR) is 94.7 cm³/mol. The van der Waals surface area contributed by atoms with Crippen LogP contribution in [0, 0.1) is 5.82 Å². The molecule has 1 amide bonds. The van der Waals surface area contributed by atoms with Crippen LogP contribution < -0.4 is 10.1 Å². The number of ether oxygens (including phenoxy) is 1. The molecule has 1 fully saturated rings. The lowest BCUT2D eigenvalue weighted by Gasteiger charge is -2.18. The van der Waals surface area contributed by atoms with E-state index in [0.717, 1.165) is 16.9 Å². The third kappa shape index (κ3) is 4.57. The van der Waals surface area contributed by atoms with Gasteiger partial charge in [0.2, 0.25) is 5.91 Å². The predicted octanol–water partition coefficient (Wildman–Crippen LogP) is 3.12. The molecule has 0 spiro atoms. The number of halogens is 1. The number of hydrogen-bond donors (Lipinski definition) is 1. The molecule has 132 valence electrons. The molecule has 1 aliphatic rings. The fourth-order valence-corrected chi connectivity index (χ4v) is 3.12. The highest BCUT2D eigenvalue weighted by molar-refractivity contribution is 5.79. The van der Waals surface area contributed by atoms with Crippen LogP contribution in [-0.2, 0) is 17.9 Å². The van der Waals surface area contributed by atoms with Crippen LogP contribution in [-0.4, -0.2) is 30.0 Å². The maximum Gasteiger partial charge on any atom is 0.224 e. The summed E-state index contributed by atoms with van der Waals surface area (Å²) in [5, 5.41) is 3.44. The molecular weight excluding hydrogens is 319 g/mol. The fourth-order valence-electron chi connectivity index (χ4n) is 3.12. The minimum absolute atomic E-state index is 0.0933. The van der Waals surface area contributed by atoms with Gasteiger partial charge in [0.1, 0.15) is 11.6 Å². The van der Waals surface area contributed by atoms with Crippen LogP contribution in [0.15, 0.2) is 48.5 Å². The lowest BCUT2D eigenvalue weighted by Crippen LogP contribution is -2.32. The van der Waals surface area contributed by atoms with Crippen molar-refractivity contribution in [3.8, 4) is 5.75 Å². The highest BCUT2D eigenvalue weighted by atomic mass is 19.1. The monoisotopic (exact) mass is 342 g/mol. The summed E-state index contributed by atoms with van der Waals surface area (Å²) in [4.78, 5) is 14.0. The van der Waals surface area contributed by atoms with Crippen molar-refractivity contribution in [2.45, 2.75) is 32.5 Å². The third-order valence-electron chi connectivity index (χ3n) is 4.33. The van der Waals surface area contributed by atoms with Crippen LogP contribution in [0.5, 0.6) is 5.75 Å². The quantitative estimate of drug-likeness (QED) is 0.841. The number of rotatable bonds is 7. The van der Waals surface area contributed by atoms with Gasteiger partial charge in [-0.25, -0.2) is 4.39 Å². The van der Waals surface area contributed by atoms with Gasteiger partial charge in [-0.3, -0.25) is 4.79 Å². The molecule has 1 aliphatic heterocycles. The highest BCUT2D eigenvalue weighted by Crippen LogP contribution is 2.20. The van der Waals surface area contributed by atoms with Gasteiger partial charge >= 0.3 is 0 Å². The van der Waals surface area contributed by atoms with E-state index in [2.05, 4.69) is 5.32 Å². The van der Waals surface area contributed by atoms with Gasteiger partial charge in [-0.1, -0.05) is 30.3 Å². The third-order valence-corrected chi connectivity index (χ3v) is 4.33. The summed E-state index contributed by atoms with van der Waals surface area (Å²) in [5.41, 5.74) is 1.90. The van der Waals surface area contributed by atoms with Gasteiger partial charge < -0.3 is 15.0 Å². The van der Waals surface area contributed by atoms with E-state index in [4.69, 9.17) is 4.74 Å². The Morgan fingerprint density at radius 2 is 2.08 bits per heavy atom. The molecule has 0 aromatic heterocycles. The summed E-state index contributed by atoms with van der Waals surface area (Å²) in [6.07, 6.45) is 0.464. The molecule has 0 aliphatic carbocycles. The number of hydrogen-bond acceptors (Lipinski definition) is 3. The second kappa shape index (κ2) is 8.12. The molecule has 5 heteroatoms. The Balaban J connectivity index is 1.56. The van der Waals surface area contributed by atoms with Crippen LogP contribution >= 0.6 is 0 Å². The summed E-state index contributed by atoms with van der Waals surface area (Å²) in [6.45, 7) is 4.32. The molecule has 2 aromatic carbocycles. The van der Waals surface area contributed by atoms with Crippen molar-refractivity contribution in [3.63, 3.8) is 0 Å². The lowest BCUT2D eigenvalue weighted by molar-refractivity contribution is -0.128. The Morgan fingerprint density at radius 1 is 1.24 bits per heavy atom. The topological polar surface area (TPSA) is 41.6 Å². The molecule has 0 radical (unpaired) electrons. The van der Waals surface area contributed by atoms with Gasteiger partial charge in [0.25, 0.3) is 0 Å². The van der Waals surface area contributed by atoms with Crippen LogP contribution in [0.4, 0.5) is 4.39 Å². The zero-order chi connectivity index (χ0) is 17.6. The number of para-hydroxylation sites is 1. The Kier molecular flexibility index (Phi) is 5.66. The van der Waals surface area contributed by atoms with Crippen molar-refractivity contribution in [1.82, 2.24) is 10.2 Å². The smallest absolute Gasteiger partial charge is 0.224 e. The Hall–Kier alpha value is -2.40. The van der Waals surface area contributed by atoms with E-state index in [0.29, 0.717) is 32.7 Å². The molecule has 25 heavy (non-hydrogen) atoms. The number of nitrogens with zero attached hydrogens (tertiary/aromatic N) is 1. The number of carbonyl (C=O) groups excluding carboxylic acids is 1. The van der Waals surface area contributed by atoms with Crippen LogP contribution in [0.25, 0.3) is 0 Å². The van der Waals surface area contributed by atoms with Gasteiger partial charge in [0, 0.05) is 37.7 Å². The first-order valence-electron chi connectivity index (χ1n) is 8.62. The summed E-state index contributed by atoms with van der Waals surface area (Å²) >= 11 is 0. The van der Waals surface area contributed by atoms with Crippen LogP contribution in [0.3, 0.4) is 0 Å². The standard InChI is InChI=1S/C20H23FN2O2/c1-2-25-19-9-4-3-7-16(19)12-22-18-11-20(24)23(14-18)13-15-6-5-8-17(21)10-15/h3-10,18,22H,2,11-14H2,1H3. The molecule has 1 atom stereocenters. The van der Waals surface area contributed by atoms with Crippen molar-refractivity contribution in [1.29, 1.82) is 0 Å². The Bertz CT molecular complexity index is 735. The number of carbonyl (C=O) groups is 1. The van der Waals surface area contributed by atoms with E-state index in [1.165, 1.54) is 12.1 Å². The SMILES string of the molecule is CCOc1ccccc1CNC1CC(=O)N(Cc2cccc(F)c2)C1. The summed E-state index contributed by atoms with van der Waals surface area (Å²) in [6, 6.07) is 14.4. The van der Waals surface area contributed by atoms with Crippen LogP contribution in [0.1, 0.15) is 24.5 Å². The van der Waals surface area contributed by atoms with Crippen molar-refractivity contribution >= 4 is 5.91 Å². The van der Waals surface area contributed by atoms with E-state index in [9.17, 15) is 9.18 Å². The van der Waals surface area contributed by atoms with Crippen LogP contribution in [0.2, 0.25) is 0 Å². The van der Waals surface area contributed by atoms with E-state index in [1.54, 1.807) is 11.0 Å². The first kappa shape index (κ1) is 17.4. The maximum atomic E-state index is 13.3.